The van der Waals surface area contributed by atoms with E-state index in [2.05, 4.69) is 5.32 Å². The summed E-state index contributed by atoms with van der Waals surface area (Å²) in [6, 6.07) is 9.89. The summed E-state index contributed by atoms with van der Waals surface area (Å²) in [5, 5.41) is 3.15. The number of anilines is 2. The quantitative estimate of drug-likeness (QED) is 0.666. The number of benzene rings is 2. The average Bonchev–Trinajstić information content (AvgIpc) is 2.64. The van der Waals surface area contributed by atoms with Crippen molar-refractivity contribution in [3.05, 3.63) is 58.6 Å². The third-order valence-electron chi connectivity index (χ3n) is 4.18. The highest BCUT2D eigenvalue weighted by Gasteiger charge is 2.29. The van der Waals surface area contributed by atoms with Crippen molar-refractivity contribution in [3.8, 4) is 0 Å². The van der Waals surface area contributed by atoms with Crippen LogP contribution in [0.25, 0.3) is 0 Å². The van der Waals surface area contributed by atoms with Crippen LogP contribution in [0.5, 0.6) is 0 Å². The Balaban J connectivity index is 2.31. The number of nitrogens with one attached hydrogen (secondary N) is 1. The first-order valence-electron chi connectivity index (χ1n) is 8.88. The van der Waals surface area contributed by atoms with E-state index >= 15 is 0 Å². The number of rotatable bonds is 7. The van der Waals surface area contributed by atoms with Crippen molar-refractivity contribution >= 4 is 44.9 Å². The van der Waals surface area contributed by atoms with Crippen LogP contribution in [0, 0.1) is 6.92 Å². The lowest BCUT2D eigenvalue weighted by Gasteiger charge is -2.28. The molecule has 0 aliphatic carbocycles. The average molecular weight is 439 g/mol. The van der Waals surface area contributed by atoms with Crippen LogP contribution in [0.15, 0.2) is 42.5 Å². The number of nitrogens with zero attached hydrogens (tertiary/aromatic N) is 1. The first-order valence-corrected chi connectivity index (χ1v) is 11.1. The summed E-state index contributed by atoms with van der Waals surface area (Å²) < 4.78 is 30.7. The summed E-state index contributed by atoms with van der Waals surface area (Å²) in [5.74, 6) is -1.05. The molecule has 1 atom stereocenters. The Morgan fingerprint density at radius 3 is 2.34 bits per heavy atom. The molecule has 0 saturated heterocycles. The molecule has 0 aliphatic heterocycles. The minimum atomic E-state index is -3.75. The van der Waals surface area contributed by atoms with Crippen molar-refractivity contribution in [2.24, 2.45) is 0 Å². The fourth-order valence-corrected chi connectivity index (χ4v) is 4.03. The van der Waals surface area contributed by atoms with E-state index in [-0.39, 0.29) is 12.2 Å². The summed E-state index contributed by atoms with van der Waals surface area (Å²) in [5.41, 5.74) is 1.72. The summed E-state index contributed by atoms with van der Waals surface area (Å²) in [6.45, 7) is 5.18. The van der Waals surface area contributed by atoms with Gasteiger partial charge in [0.1, 0.15) is 6.04 Å². The molecule has 0 aromatic heterocycles. The molecule has 2 rings (SSSR count). The molecule has 0 saturated carbocycles. The minimum Gasteiger partial charge on any atom is -0.462 e. The lowest BCUT2D eigenvalue weighted by molar-refractivity contribution is -0.116. The molecule has 9 heteroatoms. The summed E-state index contributed by atoms with van der Waals surface area (Å²) in [4.78, 5) is 24.8. The van der Waals surface area contributed by atoms with Gasteiger partial charge in [0.25, 0.3) is 0 Å². The van der Waals surface area contributed by atoms with Gasteiger partial charge in [0.05, 0.1) is 24.1 Å². The molecule has 7 nitrogen and oxygen atoms in total. The Kier molecular flexibility index (Phi) is 7.26. The zero-order chi connectivity index (χ0) is 21.8. The SMILES string of the molecule is CCOC(=O)c1ccc(C)c(NC(=O)[C@@H](C)N(c2ccc(Cl)cc2)S(C)(=O)=O)c1. The van der Waals surface area contributed by atoms with Crippen molar-refractivity contribution in [3.63, 3.8) is 0 Å². The Hall–Kier alpha value is -2.58. The number of esters is 1. The normalized spacial score (nSPS) is 12.2. The van der Waals surface area contributed by atoms with Crippen molar-refractivity contribution in [1.29, 1.82) is 0 Å². The van der Waals surface area contributed by atoms with Crippen LogP contribution in [0.2, 0.25) is 5.02 Å². The lowest BCUT2D eigenvalue weighted by Crippen LogP contribution is -2.45. The van der Waals surface area contributed by atoms with Crippen LogP contribution in [0.3, 0.4) is 0 Å². The van der Waals surface area contributed by atoms with Crippen LogP contribution in [0.1, 0.15) is 29.8 Å². The first-order chi connectivity index (χ1) is 13.5. The smallest absolute Gasteiger partial charge is 0.338 e. The van der Waals surface area contributed by atoms with Crippen molar-refractivity contribution in [1.82, 2.24) is 0 Å². The standard InChI is InChI=1S/C20H23ClN2O5S/c1-5-28-20(25)15-7-6-13(2)18(12-15)22-19(24)14(3)23(29(4,26)27)17-10-8-16(21)9-11-17/h6-12,14H,5H2,1-4H3,(H,22,24)/t14-/m1/s1. The highest BCUT2D eigenvalue weighted by atomic mass is 35.5. The maximum absolute atomic E-state index is 12.8. The highest BCUT2D eigenvalue weighted by molar-refractivity contribution is 7.92. The Labute approximate surface area is 175 Å². The molecule has 0 fully saturated rings. The maximum atomic E-state index is 12.8. The van der Waals surface area contributed by atoms with Crippen molar-refractivity contribution in [2.75, 3.05) is 22.5 Å². The number of amides is 1. The molecule has 0 bridgehead atoms. The van der Waals surface area contributed by atoms with Gasteiger partial charge in [-0.3, -0.25) is 9.10 Å². The molecule has 1 N–H and O–H groups in total. The van der Waals surface area contributed by atoms with Crippen LogP contribution in [0.4, 0.5) is 11.4 Å². The largest absolute Gasteiger partial charge is 0.462 e. The molecule has 2 aromatic carbocycles. The second-order valence-corrected chi connectivity index (χ2v) is 8.75. The van der Waals surface area contributed by atoms with Gasteiger partial charge < -0.3 is 10.1 Å². The Morgan fingerprint density at radius 1 is 1.17 bits per heavy atom. The number of aryl methyl sites for hydroxylation is 1. The van der Waals surface area contributed by atoms with Gasteiger partial charge in [0, 0.05) is 10.7 Å². The van der Waals surface area contributed by atoms with E-state index in [4.69, 9.17) is 16.3 Å². The van der Waals surface area contributed by atoms with Crippen LogP contribution >= 0.6 is 11.6 Å². The maximum Gasteiger partial charge on any atom is 0.338 e. The summed E-state index contributed by atoms with van der Waals surface area (Å²) in [7, 11) is -3.75. The van der Waals surface area contributed by atoms with E-state index < -0.39 is 27.9 Å². The van der Waals surface area contributed by atoms with E-state index in [9.17, 15) is 18.0 Å². The molecule has 29 heavy (non-hydrogen) atoms. The van der Waals surface area contributed by atoms with Gasteiger partial charge in [-0.15, -0.1) is 0 Å². The summed E-state index contributed by atoms with van der Waals surface area (Å²) >= 11 is 5.88. The number of hydrogen-bond acceptors (Lipinski definition) is 5. The van der Waals surface area contributed by atoms with Gasteiger partial charge in [-0.05, 0) is 62.7 Å². The van der Waals surface area contributed by atoms with Crippen molar-refractivity contribution < 1.29 is 22.7 Å². The fourth-order valence-electron chi connectivity index (χ4n) is 2.73. The number of carbonyl (C=O) groups is 2. The Bertz CT molecular complexity index is 1010. The van der Waals surface area contributed by atoms with E-state index in [0.717, 1.165) is 16.1 Å². The lowest BCUT2D eigenvalue weighted by atomic mass is 10.1. The van der Waals surface area contributed by atoms with Crippen LogP contribution in [-0.4, -0.2) is 39.2 Å². The monoisotopic (exact) mass is 438 g/mol. The topological polar surface area (TPSA) is 92.8 Å². The number of carbonyl (C=O) groups excluding carboxylic acids is 2. The molecule has 0 spiro atoms. The van der Waals surface area contributed by atoms with Gasteiger partial charge in [0.2, 0.25) is 15.9 Å². The third kappa shape index (κ3) is 5.71. The minimum absolute atomic E-state index is 0.232. The molecule has 2 aromatic rings. The molecule has 156 valence electrons. The summed E-state index contributed by atoms with van der Waals surface area (Å²) in [6.07, 6.45) is 1.03. The van der Waals surface area contributed by atoms with Crippen molar-refractivity contribution in [2.45, 2.75) is 26.8 Å². The van der Waals surface area contributed by atoms with Gasteiger partial charge >= 0.3 is 5.97 Å². The first kappa shape index (κ1) is 22.7. The number of sulfonamides is 1. The van der Waals surface area contributed by atoms with E-state index in [1.54, 1.807) is 38.1 Å². The second kappa shape index (κ2) is 9.28. The molecule has 1 amide bonds. The molecular formula is C20H23ClN2O5S. The molecular weight excluding hydrogens is 416 g/mol. The van der Waals surface area contributed by atoms with E-state index in [1.165, 1.54) is 25.1 Å². The Morgan fingerprint density at radius 2 is 1.79 bits per heavy atom. The molecule has 0 aliphatic rings. The van der Waals surface area contributed by atoms with Gasteiger partial charge in [-0.2, -0.15) is 0 Å². The predicted molar refractivity (Wildman–Crippen MR) is 114 cm³/mol. The molecule has 0 radical (unpaired) electrons. The fraction of sp³-hybridized carbons (Fsp3) is 0.300. The van der Waals surface area contributed by atoms with Crippen LogP contribution < -0.4 is 9.62 Å². The number of ether oxygens (including phenoxy) is 1. The van der Waals surface area contributed by atoms with E-state index in [0.29, 0.717) is 16.4 Å². The predicted octanol–water partition coefficient (Wildman–Crippen LogP) is 3.62. The van der Waals surface area contributed by atoms with E-state index in [1.807, 2.05) is 0 Å². The number of hydrogen-bond donors (Lipinski definition) is 1. The zero-order valence-corrected chi connectivity index (χ0v) is 18.2. The third-order valence-corrected chi connectivity index (χ3v) is 5.67. The zero-order valence-electron chi connectivity index (χ0n) is 16.6. The van der Waals surface area contributed by atoms with Crippen LogP contribution in [-0.2, 0) is 19.6 Å². The number of halogens is 1. The van der Waals surface area contributed by atoms with Gasteiger partial charge in [-0.1, -0.05) is 17.7 Å². The van der Waals surface area contributed by atoms with Gasteiger partial charge in [-0.25, -0.2) is 13.2 Å². The van der Waals surface area contributed by atoms with Gasteiger partial charge in [0.15, 0.2) is 0 Å². The molecule has 0 heterocycles. The second-order valence-electron chi connectivity index (χ2n) is 6.45. The molecule has 0 unspecified atom stereocenters. The highest BCUT2D eigenvalue weighted by Crippen LogP contribution is 2.24.